The molecule has 1 amide bonds. The average Bonchev–Trinajstić information content (AvgIpc) is 2.48. The van der Waals surface area contributed by atoms with Crippen LogP contribution in [0.15, 0.2) is 12.1 Å². The Morgan fingerprint density at radius 1 is 1.44 bits per heavy atom. The third-order valence-corrected chi connectivity index (χ3v) is 3.78. The van der Waals surface area contributed by atoms with Crippen LogP contribution >= 0.6 is 27.5 Å². The fourth-order valence-electron chi connectivity index (χ4n) is 2.12. The standard InChI is InChI=1S/C13H13BrClNO2/c1-6(14)11(17)7-4-8-10(9(15)5-7)12(18)16-13(8,2)3/h4-6H,1-3H3,(H,16,18). The van der Waals surface area contributed by atoms with E-state index in [0.717, 1.165) is 5.56 Å². The number of ketones is 1. The number of halogens is 2. The van der Waals surface area contributed by atoms with E-state index in [4.69, 9.17) is 11.6 Å². The van der Waals surface area contributed by atoms with Gasteiger partial charge in [-0.3, -0.25) is 9.59 Å². The Morgan fingerprint density at radius 2 is 2.06 bits per heavy atom. The molecule has 0 saturated carbocycles. The molecule has 0 aromatic heterocycles. The summed E-state index contributed by atoms with van der Waals surface area (Å²) in [5.41, 5.74) is 1.27. The van der Waals surface area contributed by atoms with E-state index in [1.54, 1.807) is 19.1 Å². The van der Waals surface area contributed by atoms with Crippen molar-refractivity contribution in [2.45, 2.75) is 31.1 Å². The minimum Gasteiger partial charge on any atom is -0.343 e. The number of hydrogen-bond acceptors (Lipinski definition) is 2. The van der Waals surface area contributed by atoms with Crippen LogP contribution in [-0.2, 0) is 5.54 Å². The Bertz CT molecular complexity index is 552. The van der Waals surface area contributed by atoms with Gasteiger partial charge in [-0.15, -0.1) is 0 Å². The van der Waals surface area contributed by atoms with Crippen LogP contribution in [0.5, 0.6) is 0 Å². The second kappa shape index (κ2) is 4.35. The largest absolute Gasteiger partial charge is 0.343 e. The zero-order valence-corrected chi connectivity index (χ0v) is 12.6. The molecule has 1 aromatic rings. The number of benzene rings is 1. The summed E-state index contributed by atoms with van der Waals surface area (Å²) >= 11 is 9.36. The maximum absolute atomic E-state index is 12.0. The number of carbonyl (C=O) groups excluding carboxylic acids is 2. The molecule has 0 saturated heterocycles. The zero-order chi connectivity index (χ0) is 13.7. The topological polar surface area (TPSA) is 46.2 Å². The van der Waals surface area contributed by atoms with Crippen LogP contribution in [0.1, 0.15) is 47.1 Å². The molecule has 0 radical (unpaired) electrons. The first-order valence-corrected chi connectivity index (χ1v) is 6.88. The van der Waals surface area contributed by atoms with Gasteiger partial charge in [0.15, 0.2) is 5.78 Å². The van der Waals surface area contributed by atoms with Gasteiger partial charge in [-0.1, -0.05) is 27.5 Å². The van der Waals surface area contributed by atoms with Gasteiger partial charge in [0.25, 0.3) is 5.91 Å². The van der Waals surface area contributed by atoms with Crippen molar-refractivity contribution >= 4 is 39.2 Å². The highest BCUT2D eigenvalue weighted by Crippen LogP contribution is 2.36. The predicted molar refractivity (Wildman–Crippen MR) is 74.7 cm³/mol. The fourth-order valence-corrected chi connectivity index (χ4v) is 2.69. The number of fused-ring (bicyclic) bond motifs is 1. The van der Waals surface area contributed by atoms with Gasteiger partial charge in [0, 0.05) is 5.56 Å². The Labute approximate surface area is 119 Å². The lowest BCUT2D eigenvalue weighted by Crippen LogP contribution is -2.32. The summed E-state index contributed by atoms with van der Waals surface area (Å²) in [7, 11) is 0. The van der Waals surface area contributed by atoms with Gasteiger partial charge in [0.05, 0.1) is 21.0 Å². The number of rotatable bonds is 2. The molecule has 96 valence electrons. The van der Waals surface area contributed by atoms with E-state index in [9.17, 15) is 9.59 Å². The van der Waals surface area contributed by atoms with Crippen molar-refractivity contribution in [1.29, 1.82) is 0 Å². The molecular formula is C13H13BrClNO2. The maximum Gasteiger partial charge on any atom is 0.253 e. The van der Waals surface area contributed by atoms with Crippen molar-refractivity contribution in [3.63, 3.8) is 0 Å². The van der Waals surface area contributed by atoms with E-state index in [1.807, 2.05) is 13.8 Å². The molecule has 1 atom stereocenters. The van der Waals surface area contributed by atoms with Crippen molar-refractivity contribution < 1.29 is 9.59 Å². The first-order valence-electron chi connectivity index (χ1n) is 5.59. The van der Waals surface area contributed by atoms with Crippen LogP contribution in [0, 0.1) is 0 Å². The second-order valence-electron chi connectivity index (χ2n) is 4.94. The molecule has 0 aliphatic carbocycles. The van der Waals surface area contributed by atoms with Crippen molar-refractivity contribution in [3.8, 4) is 0 Å². The number of amides is 1. The Balaban J connectivity index is 2.63. The van der Waals surface area contributed by atoms with Crippen molar-refractivity contribution in [3.05, 3.63) is 33.8 Å². The highest BCUT2D eigenvalue weighted by Gasteiger charge is 2.37. The zero-order valence-electron chi connectivity index (χ0n) is 10.3. The Kier molecular flexibility index (Phi) is 3.28. The van der Waals surface area contributed by atoms with Gasteiger partial charge in [-0.05, 0) is 38.5 Å². The molecule has 18 heavy (non-hydrogen) atoms. The molecule has 0 fully saturated rings. The lowest BCUT2D eigenvalue weighted by molar-refractivity contribution is 0.0939. The van der Waals surface area contributed by atoms with Crippen molar-refractivity contribution in [2.75, 3.05) is 0 Å². The Hall–Kier alpha value is -0.870. The quantitative estimate of drug-likeness (QED) is 0.668. The first kappa shape index (κ1) is 13.6. The molecule has 0 bridgehead atoms. The second-order valence-corrected chi connectivity index (χ2v) is 6.72. The molecule has 1 aliphatic heterocycles. The third kappa shape index (κ3) is 2.08. The molecule has 1 N–H and O–H groups in total. The third-order valence-electron chi connectivity index (χ3n) is 3.06. The molecule has 2 rings (SSSR count). The molecule has 3 nitrogen and oxygen atoms in total. The molecule has 1 unspecified atom stereocenters. The maximum atomic E-state index is 12.0. The van der Waals surface area contributed by atoms with Crippen LogP contribution in [-0.4, -0.2) is 16.5 Å². The summed E-state index contributed by atoms with van der Waals surface area (Å²) < 4.78 is 0. The molecule has 1 aliphatic rings. The molecule has 0 spiro atoms. The summed E-state index contributed by atoms with van der Waals surface area (Å²) in [5, 5.41) is 3.17. The number of alkyl halides is 1. The number of hydrogen-bond donors (Lipinski definition) is 1. The predicted octanol–water partition coefficient (Wildman–Crippen LogP) is 3.28. The molecule has 5 heteroatoms. The highest BCUT2D eigenvalue weighted by atomic mass is 79.9. The molecule has 1 aromatic carbocycles. The van der Waals surface area contributed by atoms with Crippen LogP contribution in [0.25, 0.3) is 0 Å². The van der Waals surface area contributed by atoms with Gasteiger partial charge in [0.1, 0.15) is 0 Å². The van der Waals surface area contributed by atoms with E-state index in [2.05, 4.69) is 21.2 Å². The first-order chi connectivity index (χ1) is 8.24. The lowest BCUT2D eigenvalue weighted by Gasteiger charge is -2.19. The number of nitrogens with one attached hydrogen (secondary N) is 1. The summed E-state index contributed by atoms with van der Waals surface area (Å²) in [6.07, 6.45) is 0. The van der Waals surface area contributed by atoms with Crippen LogP contribution < -0.4 is 5.32 Å². The average molecular weight is 331 g/mol. The minimum absolute atomic E-state index is 0.0464. The van der Waals surface area contributed by atoms with Gasteiger partial charge >= 0.3 is 0 Å². The summed E-state index contributed by atoms with van der Waals surface area (Å²) in [4.78, 5) is 23.5. The van der Waals surface area contributed by atoms with Crippen LogP contribution in [0.2, 0.25) is 5.02 Å². The fraction of sp³-hybridized carbons (Fsp3) is 0.385. The van der Waals surface area contributed by atoms with E-state index >= 15 is 0 Å². The Morgan fingerprint density at radius 3 is 2.61 bits per heavy atom. The highest BCUT2D eigenvalue weighted by molar-refractivity contribution is 9.10. The van der Waals surface area contributed by atoms with E-state index < -0.39 is 5.54 Å². The molecular weight excluding hydrogens is 318 g/mol. The van der Waals surface area contributed by atoms with Gasteiger partial charge < -0.3 is 5.32 Å². The summed E-state index contributed by atoms with van der Waals surface area (Å²) in [6, 6.07) is 3.31. The molecule has 1 heterocycles. The summed E-state index contributed by atoms with van der Waals surface area (Å²) in [6.45, 7) is 5.54. The van der Waals surface area contributed by atoms with E-state index in [1.165, 1.54) is 0 Å². The van der Waals surface area contributed by atoms with E-state index in [0.29, 0.717) is 16.1 Å². The number of Topliss-reactive ketones (excluding diaryl/α,β-unsaturated/α-hetero) is 1. The van der Waals surface area contributed by atoms with Gasteiger partial charge in [-0.25, -0.2) is 0 Å². The minimum atomic E-state index is -0.498. The normalized spacial score (nSPS) is 18.2. The van der Waals surface area contributed by atoms with Crippen molar-refractivity contribution in [2.24, 2.45) is 0 Å². The monoisotopic (exact) mass is 329 g/mol. The summed E-state index contributed by atoms with van der Waals surface area (Å²) in [5.74, 6) is -0.235. The van der Waals surface area contributed by atoms with Gasteiger partial charge in [-0.2, -0.15) is 0 Å². The van der Waals surface area contributed by atoms with Crippen LogP contribution in [0.3, 0.4) is 0 Å². The SMILES string of the molecule is CC(Br)C(=O)c1cc(Cl)c2c(c1)C(C)(C)NC2=O. The van der Waals surface area contributed by atoms with Crippen LogP contribution in [0.4, 0.5) is 0 Å². The smallest absolute Gasteiger partial charge is 0.253 e. The lowest BCUT2D eigenvalue weighted by atomic mass is 9.91. The van der Waals surface area contributed by atoms with Gasteiger partial charge in [0.2, 0.25) is 0 Å². The van der Waals surface area contributed by atoms with E-state index in [-0.39, 0.29) is 16.5 Å². The number of carbonyl (C=O) groups is 2. The van der Waals surface area contributed by atoms with Crippen molar-refractivity contribution in [1.82, 2.24) is 5.32 Å².